The fraction of sp³-hybridized carbons (Fsp3) is 0.462. The second kappa shape index (κ2) is 5.67. The number of benzene rings is 1. The Morgan fingerprint density at radius 1 is 1.58 bits per heavy atom. The Labute approximate surface area is 111 Å². The maximum absolute atomic E-state index is 11.1. The van der Waals surface area contributed by atoms with Crippen LogP contribution >= 0.6 is 0 Å². The SMILES string of the molecule is CNC1CCCN(c2ccc(C#N)cc2[N+](=O)[O-])C1. The molecule has 1 aromatic rings. The van der Waals surface area contributed by atoms with Gasteiger partial charge in [-0.05, 0) is 32.0 Å². The topological polar surface area (TPSA) is 82.2 Å². The van der Waals surface area contributed by atoms with Crippen molar-refractivity contribution >= 4 is 11.4 Å². The van der Waals surface area contributed by atoms with Gasteiger partial charge in [0.25, 0.3) is 5.69 Å². The van der Waals surface area contributed by atoms with Crippen LogP contribution in [-0.4, -0.2) is 31.1 Å². The summed E-state index contributed by atoms with van der Waals surface area (Å²) in [6.07, 6.45) is 2.08. The van der Waals surface area contributed by atoms with Crippen molar-refractivity contribution in [2.24, 2.45) is 0 Å². The molecule has 1 heterocycles. The van der Waals surface area contributed by atoms with Gasteiger partial charge in [-0.2, -0.15) is 5.26 Å². The zero-order valence-corrected chi connectivity index (χ0v) is 10.8. The Balaban J connectivity index is 2.33. The highest BCUT2D eigenvalue weighted by Gasteiger charge is 2.25. The minimum atomic E-state index is -0.418. The first-order valence-electron chi connectivity index (χ1n) is 6.26. The van der Waals surface area contributed by atoms with Gasteiger partial charge in [0, 0.05) is 25.2 Å². The lowest BCUT2D eigenvalue weighted by molar-refractivity contribution is -0.384. The zero-order chi connectivity index (χ0) is 13.8. The second-order valence-corrected chi connectivity index (χ2v) is 4.65. The Hall–Kier alpha value is -2.13. The molecule has 0 spiro atoms. The number of rotatable bonds is 3. The van der Waals surface area contributed by atoms with E-state index in [9.17, 15) is 10.1 Å². The van der Waals surface area contributed by atoms with E-state index in [0.717, 1.165) is 25.9 Å². The molecule has 1 aliphatic heterocycles. The third-order valence-corrected chi connectivity index (χ3v) is 3.47. The molecular weight excluding hydrogens is 244 g/mol. The van der Waals surface area contributed by atoms with Crippen molar-refractivity contribution in [1.29, 1.82) is 5.26 Å². The quantitative estimate of drug-likeness (QED) is 0.660. The summed E-state index contributed by atoms with van der Waals surface area (Å²) in [6, 6.07) is 6.94. The zero-order valence-electron chi connectivity index (χ0n) is 10.8. The average molecular weight is 260 g/mol. The van der Waals surface area contributed by atoms with E-state index >= 15 is 0 Å². The molecule has 6 nitrogen and oxygen atoms in total. The standard InChI is InChI=1S/C13H16N4O2/c1-15-11-3-2-6-16(9-11)12-5-4-10(8-14)7-13(12)17(18)19/h4-5,7,11,15H,2-3,6,9H2,1H3. The van der Waals surface area contributed by atoms with E-state index in [1.54, 1.807) is 12.1 Å². The molecule has 0 radical (unpaired) electrons. The van der Waals surface area contributed by atoms with Gasteiger partial charge < -0.3 is 10.2 Å². The first kappa shape index (κ1) is 13.3. The number of anilines is 1. The molecule has 0 saturated carbocycles. The number of hydrogen-bond acceptors (Lipinski definition) is 5. The Kier molecular flexibility index (Phi) is 3.97. The number of hydrogen-bond donors (Lipinski definition) is 1. The molecule has 1 N–H and O–H groups in total. The van der Waals surface area contributed by atoms with E-state index in [4.69, 9.17) is 5.26 Å². The van der Waals surface area contributed by atoms with Crippen LogP contribution in [0.3, 0.4) is 0 Å². The van der Waals surface area contributed by atoms with Gasteiger partial charge in [0.05, 0.1) is 16.6 Å². The predicted octanol–water partition coefficient (Wildman–Crippen LogP) is 1.65. The third-order valence-electron chi connectivity index (χ3n) is 3.47. The van der Waals surface area contributed by atoms with Crippen LogP contribution in [0.15, 0.2) is 18.2 Å². The smallest absolute Gasteiger partial charge is 0.293 e. The average Bonchev–Trinajstić information content (AvgIpc) is 2.46. The fourth-order valence-corrected chi connectivity index (χ4v) is 2.44. The molecule has 100 valence electrons. The van der Waals surface area contributed by atoms with Crippen molar-refractivity contribution in [3.8, 4) is 6.07 Å². The summed E-state index contributed by atoms with van der Waals surface area (Å²) in [6.45, 7) is 1.56. The minimum absolute atomic E-state index is 0.0100. The van der Waals surface area contributed by atoms with Crippen LogP contribution in [0, 0.1) is 21.4 Å². The van der Waals surface area contributed by atoms with E-state index in [0.29, 0.717) is 17.3 Å². The third kappa shape index (κ3) is 2.83. The Bertz CT molecular complexity index is 524. The number of nitrogens with zero attached hydrogens (tertiary/aromatic N) is 3. The molecule has 2 rings (SSSR count). The van der Waals surface area contributed by atoms with Gasteiger partial charge in [0.15, 0.2) is 0 Å². The highest BCUT2D eigenvalue weighted by Crippen LogP contribution is 2.31. The molecule has 6 heteroatoms. The number of nitrogens with one attached hydrogen (secondary N) is 1. The molecule has 0 aromatic heterocycles. The van der Waals surface area contributed by atoms with Gasteiger partial charge in [-0.25, -0.2) is 0 Å². The van der Waals surface area contributed by atoms with E-state index in [2.05, 4.69) is 5.32 Å². The fourth-order valence-electron chi connectivity index (χ4n) is 2.44. The van der Waals surface area contributed by atoms with Crippen molar-refractivity contribution in [2.75, 3.05) is 25.0 Å². The molecule has 19 heavy (non-hydrogen) atoms. The lowest BCUT2D eigenvalue weighted by atomic mass is 10.0. The van der Waals surface area contributed by atoms with Gasteiger partial charge in [-0.15, -0.1) is 0 Å². The lowest BCUT2D eigenvalue weighted by Crippen LogP contribution is -2.44. The van der Waals surface area contributed by atoms with Gasteiger partial charge >= 0.3 is 0 Å². The summed E-state index contributed by atoms with van der Waals surface area (Å²) in [5.41, 5.74) is 0.928. The summed E-state index contributed by atoms with van der Waals surface area (Å²) < 4.78 is 0. The summed E-state index contributed by atoms with van der Waals surface area (Å²) in [5, 5.41) is 23.2. The molecule has 1 fully saturated rings. The monoisotopic (exact) mass is 260 g/mol. The second-order valence-electron chi connectivity index (χ2n) is 4.65. The van der Waals surface area contributed by atoms with Crippen LogP contribution in [0.4, 0.5) is 11.4 Å². The van der Waals surface area contributed by atoms with Crippen LogP contribution < -0.4 is 10.2 Å². The van der Waals surface area contributed by atoms with Gasteiger partial charge in [0.2, 0.25) is 0 Å². The van der Waals surface area contributed by atoms with Crippen molar-refractivity contribution in [2.45, 2.75) is 18.9 Å². The van der Waals surface area contributed by atoms with E-state index < -0.39 is 4.92 Å². The van der Waals surface area contributed by atoms with Crippen molar-refractivity contribution in [1.82, 2.24) is 5.32 Å². The summed E-state index contributed by atoms with van der Waals surface area (Å²) >= 11 is 0. The van der Waals surface area contributed by atoms with Crippen LogP contribution in [0.5, 0.6) is 0 Å². The highest BCUT2D eigenvalue weighted by molar-refractivity contribution is 5.65. The van der Waals surface area contributed by atoms with Gasteiger partial charge in [-0.1, -0.05) is 0 Å². The molecule has 1 aromatic carbocycles. The summed E-state index contributed by atoms with van der Waals surface area (Å²) in [4.78, 5) is 12.7. The first-order valence-corrected chi connectivity index (χ1v) is 6.26. The maximum atomic E-state index is 11.1. The first-order chi connectivity index (χ1) is 9.15. The van der Waals surface area contributed by atoms with E-state index in [-0.39, 0.29) is 5.69 Å². The molecule has 1 aliphatic rings. The molecule has 1 saturated heterocycles. The number of nitro benzene ring substituents is 1. The van der Waals surface area contributed by atoms with Crippen LogP contribution in [0.2, 0.25) is 0 Å². The number of nitriles is 1. The molecule has 0 bridgehead atoms. The van der Waals surface area contributed by atoms with Crippen LogP contribution in [0.25, 0.3) is 0 Å². The van der Waals surface area contributed by atoms with Crippen LogP contribution in [-0.2, 0) is 0 Å². The van der Waals surface area contributed by atoms with Gasteiger partial charge in [-0.3, -0.25) is 10.1 Å². The number of likely N-dealkylation sites (N-methyl/N-ethyl adjacent to an activating group) is 1. The molecule has 0 amide bonds. The van der Waals surface area contributed by atoms with Crippen molar-refractivity contribution < 1.29 is 4.92 Å². The Morgan fingerprint density at radius 3 is 3.00 bits per heavy atom. The minimum Gasteiger partial charge on any atom is -0.364 e. The van der Waals surface area contributed by atoms with Crippen molar-refractivity contribution in [3.63, 3.8) is 0 Å². The number of nitro groups is 1. The summed E-state index contributed by atoms with van der Waals surface area (Å²) in [7, 11) is 1.90. The molecule has 1 unspecified atom stereocenters. The largest absolute Gasteiger partial charge is 0.364 e. The predicted molar refractivity (Wildman–Crippen MR) is 72.1 cm³/mol. The highest BCUT2D eigenvalue weighted by atomic mass is 16.6. The van der Waals surface area contributed by atoms with E-state index in [1.165, 1.54) is 6.07 Å². The normalized spacial score (nSPS) is 18.9. The molecule has 1 atom stereocenters. The molecular formula is C13H16N4O2. The van der Waals surface area contributed by atoms with Crippen molar-refractivity contribution in [3.05, 3.63) is 33.9 Å². The van der Waals surface area contributed by atoms with Crippen LogP contribution in [0.1, 0.15) is 18.4 Å². The maximum Gasteiger partial charge on any atom is 0.293 e. The summed E-state index contributed by atoms with van der Waals surface area (Å²) in [5.74, 6) is 0. The lowest BCUT2D eigenvalue weighted by Gasteiger charge is -2.33. The molecule has 0 aliphatic carbocycles. The number of piperidine rings is 1. The Morgan fingerprint density at radius 2 is 2.37 bits per heavy atom. The van der Waals surface area contributed by atoms with E-state index in [1.807, 2.05) is 18.0 Å². The van der Waals surface area contributed by atoms with Gasteiger partial charge in [0.1, 0.15) is 5.69 Å².